The van der Waals surface area contributed by atoms with Crippen LogP contribution >= 0.6 is 0 Å². The summed E-state index contributed by atoms with van der Waals surface area (Å²) in [6.45, 7) is 2.05. The molecule has 0 spiro atoms. The summed E-state index contributed by atoms with van der Waals surface area (Å²) in [5, 5.41) is 24.0. The Morgan fingerprint density at radius 3 is 2.74 bits per heavy atom. The topological polar surface area (TPSA) is 98.7 Å². The highest BCUT2D eigenvalue weighted by atomic mass is 16.4. The van der Waals surface area contributed by atoms with Crippen molar-refractivity contribution in [3.05, 3.63) is 29.3 Å². The van der Waals surface area contributed by atoms with Crippen LogP contribution in [0.4, 0.5) is 5.69 Å². The zero-order chi connectivity index (χ0) is 14.0. The molecule has 102 valence electrons. The number of carboxylic acids is 1. The first kappa shape index (κ1) is 13.5. The molecule has 1 heterocycles. The number of carboxylic acid groups (broad SMARTS) is 1. The van der Waals surface area contributed by atoms with Gasteiger partial charge in [0.25, 0.3) is 0 Å². The van der Waals surface area contributed by atoms with E-state index in [0.29, 0.717) is 18.5 Å². The minimum Gasteiger partial charge on any atom is -0.478 e. The molecule has 2 atom stereocenters. The molecule has 1 aliphatic heterocycles. The summed E-state index contributed by atoms with van der Waals surface area (Å²) >= 11 is 0. The molecule has 0 saturated carbocycles. The van der Waals surface area contributed by atoms with Crippen LogP contribution in [-0.2, 0) is 4.79 Å². The second kappa shape index (κ2) is 5.38. The fourth-order valence-corrected chi connectivity index (χ4v) is 2.19. The minimum atomic E-state index is -1.08. The van der Waals surface area contributed by atoms with Gasteiger partial charge in [-0.2, -0.15) is 0 Å². The normalized spacial score (nSPS) is 22.2. The Morgan fingerprint density at radius 2 is 2.16 bits per heavy atom. The standard InChI is InChI=1S/C13H16N2O4/c1-7-3-2-4-9(11(7)13(18)19)15-12(17)10-5-8(16)6-14-10/h2-4,8,10,14,16H,5-6H2,1H3,(H,15,17)(H,18,19). The van der Waals surface area contributed by atoms with E-state index in [1.54, 1.807) is 25.1 Å². The van der Waals surface area contributed by atoms with Crippen molar-refractivity contribution < 1.29 is 19.8 Å². The van der Waals surface area contributed by atoms with Gasteiger partial charge >= 0.3 is 5.97 Å². The largest absolute Gasteiger partial charge is 0.478 e. The average molecular weight is 264 g/mol. The van der Waals surface area contributed by atoms with Gasteiger partial charge in [0.15, 0.2) is 0 Å². The molecule has 1 aromatic rings. The Kier molecular flexibility index (Phi) is 3.82. The van der Waals surface area contributed by atoms with Crippen molar-refractivity contribution in [3.8, 4) is 0 Å². The Morgan fingerprint density at radius 1 is 1.42 bits per heavy atom. The number of aryl methyl sites for hydroxylation is 1. The molecule has 2 unspecified atom stereocenters. The molecule has 1 aliphatic rings. The van der Waals surface area contributed by atoms with Crippen LogP contribution in [0.2, 0.25) is 0 Å². The first-order valence-corrected chi connectivity index (χ1v) is 6.04. The van der Waals surface area contributed by atoms with Gasteiger partial charge in [0, 0.05) is 6.54 Å². The number of carbonyl (C=O) groups is 2. The molecule has 0 aliphatic carbocycles. The van der Waals surface area contributed by atoms with Crippen LogP contribution in [0.1, 0.15) is 22.3 Å². The number of nitrogens with one attached hydrogen (secondary N) is 2. The lowest BCUT2D eigenvalue weighted by molar-refractivity contribution is -0.117. The number of rotatable bonds is 3. The zero-order valence-electron chi connectivity index (χ0n) is 10.5. The summed E-state index contributed by atoms with van der Waals surface area (Å²) in [6.07, 6.45) is -0.202. The predicted octanol–water partition coefficient (Wildman–Crippen LogP) is 0.355. The third-order valence-electron chi connectivity index (χ3n) is 3.17. The lowest BCUT2D eigenvalue weighted by Gasteiger charge is -2.14. The quantitative estimate of drug-likeness (QED) is 0.631. The van der Waals surface area contributed by atoms with Gasteiger partial charge in [-0.3, -0.25) is 4.79 Å². The van der Waals surface area contributed by atoms with Crippen LogP contribution in [0.5, 0.6) is 0 Å². The van der Waals surface area contributed by atoms with Crippen molar-refractivity contribution in [2.75, 3.05) is 11.9 Å². The van der Waals surface area contributed by atoms with Crippen LogP contribution in [0.25, 0.3) is 0 Å². The van der Waals surface area contributed by atoms with Crippen molar-refractivity contribution in [2.45, 2.75) is 25.5 Å². The van der Waals surface area contributed by atoms with Crippen LogP contribution < -0.4 is 10.6 Å². The van der Waals surface area contributed by atoms with E-state index < -0.39 is 18.1 Å². The lowest BCUT2D eigenvalue weighted by Crippen LogP contribution is -2.35. The Bertz CT molecular complexity index is 515. The van der Waals surface area contributed by atoms with Crippen molar-refractivity contribution in [1.82, 2.24) is 5.32 Å². The van der Waals surface area contributed by atoms with E-state index in [2.05, 4.69) is 10.6 Å². The number of aromatic carboxylic acids is 1. The number of aliphatic hydroxyl groups is 1. The second-order valence-electron chi connectivity index (χ2n) is 4.64. The average Bonchev–Trinajstić information content (AvgIpc) is 2.75. The Hall–Kier alpha value is -1.92. The molecule has 1 fully saturated rings. The number of anilines is 1. The number of carbonyl (C=O) groups excluding carboxylic acids is 1. The van der Waals surface area contributed by atoms with E-state index in [-0.39, 0.29) is 17.2 Å². The lowest BCUT2D eigenvalue weighted by atomic mass is 10.1. The highest BCUT2D eigenvalue weighted by molar-refractivity contribution is 6.03. The van der Waals surface area contributed by atoms with Gasteiger partial charge < -0.3 is 20.8 Å². The summed E-state index contributed by atoms with van der Waals surface area (Å²) in [6, 6.07) is 4.43. The molecule has 1 amide bonds. The van der Waals surface area contributed by atoms with Gasteiger partial charge in [-0.1, -0.05) is 12.1 Å². The molecule has 19 heavy (non-hydrogen) atoms. The molecule has 0 bridgehead atoms. The molecular weight excluding hydrogens is 248 g/mol. The molecule has 4 N–H and O–H groups in total. The van der Waals surface area contributed by atoms with Gasteiger partial charge in [0.05, 0.1) is 23.4 Å². The van der Waals surface area contributed by atoms with Crippen molar-refractivity contribution in [1.29, 1.82) is 0 Å². The van der Waals surface area contributed by atoms with Gasteiger partial charge in [0.2, 0.25) is 5.91 Å². The van der Waals surface area contributed by atoms with Crippen LogP contribution in [-0.4, -0.2) is 40.8 Å². The maximum atomic E-state index is 12.0. The van der Waals surface area contributed by atoms with E-state index >= 15 is 0 Å². The Balaban J connectivity index is 2.17. The number of benzene rings is 1. The summed E-state index contributed by atoms with van der Waals surface area (Å²) in [5.41, 5.74) is 0.958. The molecule has 0 radical (unpaired) electrons. The van der Waals surface area contributed by atoms with E-state index in [1.807, 2.05) is 0 Å². The van der Waals surface area contributed by atoms with E-state index in [1.165, 1.54) is 0 Å². The predicted molar refractivity (Wildman–Crippen MR) is 69.2 cm³/mol. The van der Waals surface area contributed by atoms with Gasteiger partial charge in [0.1, 0.15) is 0 Å². The Labute approximate surface area is 110 Å². The number of hydrogen-bond donors (Lipinski definition) is 4. The summed E-state index contributed by atoms with van der Waals surface area (Å²) in [5.74, 6) is -1.41. The fraction of sp³-hybridized carbons (Fsp3) is 0.385. The van der Waals surface area contributed by atoms with Gasteiger partial charge in [-0.15, -0.1) is 0 Å². The van der Waals surface area contributed by atoms with Gasteiger partial charge in [-0.25, -0.2) is 4.79 Å². The number of hydrogen-bond acceptors (Lipinski definition) is 4. The summed E-state index contributed by atoms with van der Waals surface area (Å²) in [4.78, 5) is 23.2. The molecule has 1 aromatic carbocycles. The SMILES string of the molecule is Cc1cccc(NC(=O)C2CC(O)CN2)c1C(=O)O. The molecule has 6 heteroatoms. The number of aliphatic hydroxyl groups excluding tert-OH is 1. The summed E-state index contributed by atoms with van der Waals surface area (Å²) in [7, 11) is 0. The van der Waals surface area contributed by atoms with Gasteiger partial charge in [-0.05, 0) is 25.0 Å². The molecule has 0 aromatic heterocycles. The van der Waals surface area contributed by atoms with Crippen molar-refractivity contribution in [3.63, 3.8) is 0 Å². The third-order valence-corrected chi connectivity index (χ3v) is 3.17. The first-order valence-electron chi connectivity index (χ1n) is 6.04. The van der Waals surface area contributed by atoms with Crippen molar-refractivity contribution in [2.24, 2.45) is 0 Å². The number of β-amino-alcohol motifs (C(OH)–C–C–N with tert-alkyl or cyclic N) is 1. The van der Waals surface area contributed by atoms with E-state index in [4.69, 9.17) is 5.11 Å². The first-order chi connectivity index (χ1) is 8.99. The third kappa shape index (κ3) is 2.91. The zero-order valence-corrected chi connectivity index (χ0v) is 10.5. The van der Waals surface area contributed by atoms with Crippen LogP contribution in [0.3, 0.4) is 0 Å². The maximum Gasteiger partial charge on any atom is 0.338 e. The second-order valence-corrected chi connectivity index (χ2v) is 4.64. The number of amides is 1. The molecule has 2 rings (SSSR count). The minimum absolute atomic E-state index is 0.0920. The van der Waals surface area contributed by atoms with E-state index in [9.17, 15) is 14.7 Å². The molecular formula is C13H16N2O4. The highest BCUT2D eigenvalue weighted by Crippen LogP contribution is 2.20. The molecule has 6 nitrogen and oxygen atoms in total. The summed E-state index contributed by atoms with van der Waals surface area (Å²) < 4.78 is 0. The van der Waals surface area contributed by atoms with E-state index in [0.717, 1.165) is 0 Å². The maximum absolute atomic E-state index is 12.0. The van der Waals surface area contributed by atoms with Crippen LogP contribution in [0, 0.1) is 6.92 Å². The molecule has 1 saturated heterocycles. The monoisotopic (exact) mass is 264 g/mol. The van der Waals surface area contributed by atoms with Crippen molar-refractivity contribution >= 4 is 17.6 Å². The fourth-order valence-electron chi connectivity index (χ4n) is 2.19. The smallest absolute Gasteiger partial charge is 0.338 e. The highest BCUT2D eigenvalue weighted by Gasteiger charge is 2.28. The van der Waals surface area contributed by atoms with Crippen LogP contribution in [0.15, 0.2) is 18.2 Å².